The highest BCUT2D eigenvalue weighted by molar-refractivity contribution is 5.79. The normalized spacial score (nSPS) is 16.6. The van der Waals surface area contributed by atoms with E-state index in [1.54, 1.807) is 0 Å². The molecule has 0 amide bonds. The van der Waals surface area contributed by atoms with Gasteiger partial charge in [0.05, 0.1) is 30.8 Å². The summed E-state index contributed by atoms with van der Waals surface area (Å²) in [4.78, 5) is 15.3. The lowest BCUT2D eigenvalue weighted by molar-refractivity contribution is -0.00683. The van der Waals surface area contributed by atoms with Crippen molar-refractivity contribution in [2.45, 2.75) is 32.7 Å². The van der Waals surface area contributed by atoms with Gasteiger partial charge >= 0.3 is 0 Å². The predicted octanol–water partition coefficient (Wildman–Crippen LogP) is 1.77. The Kier molecular flexibility index (Phi) is 6.68. The van der Waals surface area contributed by atoms with Crippen molar-refractivity contribution in [3.63, 3.8) is 0 Å². The number of ether oxygens (including phenoxy) is 1. The first-order chi connectivity index (χ1) is 13.1. The Morgan fingerprint density at radius 3 is 2.78 bits per heavy atom. The molecule has 1 fully saturated rings. The number of hydrogen-bond donors (Lipinski definition) is 3. The van der Waals surface area contributed by atoms with Gasteiger partial charge in [0.2, 0.25) is 0 Å². The summed E-state index contributed by atoms with van der Waals surface area (Å²) in [6.07, 6.45) is 0.825. The van der Waals surface area contributed by atoms with Crippen LogP contribution >= 0.6 is 0 Å². The number of rotatable bonds is 7. The Hall–Kier alpha value is -2.12. The number of aromatic nitrogens is 2. The highest BCUT2D eigenvalue weighted by Gasteiger charge is 2.28. The molecule has 3 rings (SSSR count). The molecule has 0 atom stereocenters. The molecule has 27 heavy (non-hydrogen) atoms. The monoisotopic (exact) mass is 372 g/mol. The second-order valence-electron chi connectivity index (χ2n) is 7.48. The van der Waals surface area contributed by atoms with Crippen molar-refractivity contribution in [3.8, 4) is 0 Å². The molecule has 7 nitrogen and oxygen atoms in total. The van der Waals surface area contributed by atoms with E-state index >= 15 is 0 Å². The molecule has 0 unspecified atom stereocenters. The van der Waals surface area contributed by atoms with E-state index in [1.807, 2.05) is 18.2 Å². The van der Waals surface area contributed by atoms with Gasteiger partial charge in [0, 0.05) is 38.1 Å². The van der Waals surface area contributed by atoms with E-state index in [0.29, 0.717) is 0 Å². The van der Waals surface area contributed by atoms with Crippen molar-refractivity contribution >= 4 is 17.0 Å². The zero-order valence-electron chi connectivity index (χ0n) is 16.7. The van der Waals surface area contributed by atoms with Gasteiger partial charge in [0.15, 0.2) is 5.96 Å². The Bertz CT molecular complexity index is 715. The fourth-order valence-electron chi connectivity index (χ4n) is 3.31. The third-order valence-corrected chi connectivity index (χ3v) is 4.93. The van der Waals surface area contributed by atoms with Crippen molar-refractivity contribution < 1.29 is 4.74 Å². The molecule has 1 saturated heterocycles. The first-order valence-corrected chi connectivity index (χ1v) is 9.87. The van der Waals surface area contributed by atoms with Gasteiger partial charge in [-0.2, -0.15) is 0 Å². The van der Waals surface area contributed by atoms with Crippen LogP contribution in [0.15, 0.2) is 29.3 Å². The number of nitrogens with zero attached hydrogens (tertiary/aromatic N) is 3. The molecule has 0 radical (unpaired) electrons. The SMILES string of the molecule is CCNC(=NCC(C)(C)N1CCOCC1)NCCc1nc2ccccc2[nH]1. The van der Waals surface area contributed by atoms with Gasteiger partial charge in [-0.25, -0.2) is 4.98 Å². The summed E-state index contributed by atoms with van der Waals surface area (Å²) in [5.41, 5.74) is 2.12. The fraction of sp³-hybridized carbons (Fsp3) is 0.600. The molecular weight excluding hydrogens is 340 g/mol. The van der Waals surface area contributed by atoms with Crippen LogP contribution in [0.3, 0.4) is 0 Å². The van der Waals surface area contributed by atoms with Crippen molar-refractivity contribution in [1.29, 1.82) is 0 Å². The number of nitrogens with one attached hydrogen (secondary N) is 3. The number of hydrogen-bond acceptors (Lipinski definition) is 4. The van der Waals surface area contributed by atoms with Crippen molar-refractivity contribution in [2.24, 2.45) is 4.99 Å². The molecule has 1 aliphatic rings. The zero-order valence-corrected chi connectivity index (χ0v) is 16.7. The van der Waals surface area contributed by atoms with Crippen LogP contribution in [0.4, 0.5) is 0 Å². The number of aromatic amines is 1. The van der Waals surface area contributed by atoms with Gasteiger partial charge in [-0.05, 0) is 32.9 Å². The number of H-pyrrole nitrogens is 1. The summed E-state index contributed by atoms with van der Waals surface area (Å²) >= 11 is 0. The van der Waals surface area contributed by atoms with E-state index < -0.39 is 0 Å². The van der Waals surface area contributed by atoms with E-state index in [0.717, 1.165) is 75.2 Å². The third kappa shape index (κ3) is 5.43. The van der Waals surface area contributed by atoms with Gasteiger partial charge in [-0.3, -0.25) is 9.89 Å². The van der Waals surface area contributed by atoms with E-state index in [4.69, 9.17) is 9.73 Å². The second kappa shape index (κ2) is 9.19. The van der Waals surface area contributed by atoms with Crippen molar-refractivity contribution in [1.82, 2.24) is 25.5 Å². The molecule has 0 spiro atoms. The molecule has 0 saturated carbocycles. The lowest BCUT2D eigenvalue weighted by Crippen LogP contribution is -2.52. The van der Waals surface area contributed by atoms with Crippen molar-refractivity contribution in [2.75, 3.05) is 45.9 Å². The Morgan fingerprint density at radius 1 is 1.26 bits per heavy atom. The van der Waals surface area contributed by atoms with Crippen LogP contribution < -0.4 is 10.6 Å². The number of fused-ring (bicyclic) bond motifs is 1. The Morgan fingerprint density at radius 2 is 2.04 bits per heavy atom. The number of benzene rings is 1. The van der Waals surface area contributed by atoms with Gasteiger partial charge in [0.25, 0.3) is 0 Å². The summed E-state index contributed by atoms with van der Waals surface area (Å²) in [6.45, 7) is 12.5. The topological polar surface area (TPSA) is 77.6 Å². The van der Waals surface area contributed by atoms with Crippen LogP contribution in [0.5, 0.6) is 0 Å². The number of aliphatic imine (C=N–C) groups is 1. The number of imidazole rings is 1. The van der Waals surface area contributed by atoms with E-state index in [1.165, 1.54) is 0 Å². The lowest BCUT2D eigenvalue weighted by atomic mass is 10.0. The first-order valence-electron chi connectivity index (χ1n) is 9.87. The molecule has 0 bridgehead atoms. The maximum Gasteiger partial charge on any atom is 0.191 e. The molecule has 2 aromatic rings. The van der Waals surface area contributed by atoms with Crippen molar-refractivity contribution in [3.05, 3.63) is 30.1 Å². The summed E-state index contributed by atoms with van der Waals surface area (Å²) < 4.78 is 5.46. The number of guanidine groups is 1. The predicted molar refractivity (Wildman–Crippen MR) is 110 cm³/mol. The van der Waals surface area contributed by atoms with Gasteiger partial charge in [-0.1, -0.05) is 12.1 Å². The Labute approximate surface area is 161 Å². The molecule has 0 aliphatic carbocycles. The van der Waals surface area contributed by atoms with E-state index in [9.17, 15) is 0 Å². The minimum absolute atomic E-state index is 0.0187. The second-order valence-corrected chi connectivity index (χ2v) is 7.48. The standard InChI is InChI=1S/C20H32N6O/c1-4-21-19(23-15-20(2,3)26-11-13-27-14-12-26)22-10-9-18-24-16-7-5-6-8-17(16)25-18/h5-8H,4,9-15H2,1-3H3,(H,24,25)(H2,21,22,23). The first kappa shape index (κ1) is 19.6. The maximum atomic E-state index is 5.46. The Balaban J connectivity index is 1.53. The van der Waals surface area contributed by atoms with Crippen LogP contribution in [0.25, 0.3) is 11.0 Å². The number of morpholine rings is 1. The summed E-state index contributed by atoms with van der Waals surface area (Å²) in [6, 6.07) is 8.12. The maximum absolute atomic E-state index is 5.46. The number of para-hydroxylation sites is 2. The summed E-state index contributed by atoms with van der Waals surface area (Å²) in [5.74, 6) is 1.85. The van der Waals surface area contributed by atoms with Crippen LogP contribution in [-0.4, -0.2) is 72.3 Å². The van der Waals surface area contributed by atoms with Crippen LogP contribution in [-0.2, 0) is 11.2 Å². The zero-order chi connectivity index (χ0) is 19.1. The molecule has 3 N–H and O–H groups in total. The van der Waals surface area contributed by atoms with Gasteiger partial charge in [-0.15, -0.1) is 0 Å². The van der Waals surface area contributed by atoms with Gasteiger partial charge in [0.1, 0.15) is 5.82 Å². The third-order valence-electron chi connectivity index (χ3n) is 4.93. The molecule has 7 heteroatoms. The van der Waals surface area contributed by atoms with Crippen LogP contribution in [0.1, 0.15) is 26.6 Å². The highest BCUT2D eigenvalue weighted by atomic mass is 16.5. The molecule has 1 aromatic heterocycles. The average Bonchev–Trinajstić information content (AvgIpc) is 3.09. The summed E-state index contributed by atoms with van der Waals surface area (Å²) in [7, 11) is 0. The fourth-order valence-corrected chi connectivity index (χ4v) is 3.31. The minimum atomic E-state index is 0.0187. The lowest BCUT2D eigenvalue weighted by Gasteiger charge is -2.39. The molecular formula is C20H32N6O. The highest BCUT2D eigenvalue weighted by Crippen LogP contribution is 2.16. The van der Waals surface area contributed by atoms with E-state index in [2.05, 4.69) is 52.3 Å². The summed E-state index contributed by atoms with van der Waals surface area (Å²) in [5, 5.41) is 6.76. The minimum Gasteiger partial charge on any atom is -0.379 e. The quantitative estimate of drug-likeness (QED) is 0.510. The molecule has 2 heterocycles. The molecule has 1 aliphatic heterocycles. The van der Waals surface area contributed by atoms with Gasteiger partial charge < -0.3 is 20.4 Å². The smallest absolute Gasteiger partial charge is 0.191 e. The van der Waals surface area contributed by atoms with Crippen LogP contribution in [0.2, 0.25) is 0 Å². The van der Waals surface area contributed by atoms with Crippen LogP contribution in [0, 0.1) is 0 Å². The average molecular weight is 373 g/mol. The largest absolute Gasteiger partial charge is 0.379 e. The molecule has 148 valence electrons. The van der Waals surface area contributed by atoms with E-state index in [-0.39, 0.29) is 5.54 Å². The molecule has 1 aromatic carbocycles.